The van der Waals surface area contributed by atoms with Crippen molar-refractivity contribution < 1.29 is 15.1 Å². The molecular formula is C16H16N2O4. The van der Waals surface area contributed by atoms with E-state index < -0.39 is 10.7 Å². The van der Waals surface area contributed by atoms with Gasteiger partial charge in [-0.15, -0.1) is 0 Å². The number of para-hydroxylation sites is 1. The summed E-state index contributed by atoms with van der Waals surface area (Å²) in [5.74, 6) is -0.429. The van der Waals surface area contributed by atoms with Crippen molar-refractivity contribution >= 4 is 17.6 Å². The average molecular weight is 300 g/mol. The van der Waals surface area contributed by atoms with Crippen LogP contribution in [0.4, 0.5) is 11.4 Å². The second kappa shape index (κ2) is 6.71. The summed E-state index contributed by atoms with van der Waals surface area (Å²) in [6.07, 6.45) is 3.14. The second-order valence-electron chi connectivity index (χ2n) is 4.80. The number of benzene rings is 2. The van der Waals surface area contributed by atoms with Crippen molar-refractivity contribution in [3.05, 3.63) is 57.6 Å². The van der Waals surface area contributed by atoms with Gasteiger partial charge in [0.15, 0.2) is 0 Å². The number of nitrogens with zero attached hydrogens (tertiary/aromatic N) is 2. The van der Waals surface area contributed by atoms with Gasteiger partial charge in [0.25, 0.3) is 0 Å². The molecule has 0 aliphatic rings. The number of aryl methyl sites for hydroxylation is 1. The van der Waals surface area contributed by atoms with Crippen LogP contribution in [-0.2, 0) is 6.42 Å². The van der Waals surface area contributed by atoms with Crippen LogP contribution in [0.2, 0.25) is 0 Å². The molecule has 6 heteroatoms. The van der Waals surface area contributed by atoms with Gasteiger partial charge in [0.1, 0.15) is 11.4 Å². The average Bonchev–Trinajstić information content (AvgIpc) is 2.49. The van der Waals surface area contributed by atoms with E-state index in [2.05, 4.69) is 11.9 Å². The van der Waals surface area contributed by atoms with Gasteiger partial charge >= 0.3 is 5.69 Å². The summed E-state index contributed by atoms with van der Waals surface area (Å²) < 4.78 is 0. The standard InChI is InChI=1S/C16H16N2O4/c1-2-4-11-7-8-15(19)13(9-11)17-10-12-5-3-6-14(16(12)20)18(21)22/h3,5-10,19-20H,2,4H2,1H3. The molecule has 0 heterocycles. The number of aliphatic imine (C=N–C) groups is 1. The number of aromatic hydroxyl groups is 2. The van der Waals surface area contributed by atoms with Gasteiger partial charge in [-0.2, -0.15) is 0 Å². The summed E-state index contributed by atoms with van der Waals surface area (Å²) >= 11 is 0. The zero-order chi connectivity index (χ0) is 16.1. The number of rotatable bonds is 5. The van der Waals surface area contributed by atoms with Gasteiger partial charge in [0.2, 0.25) is 5.75 Å². The van der Waals surface area contributed by atoms with Crippen LogP contribution in [0.15, 0.2) is 41.4 Å². The molecule has 0 unspecified atom stereocenters. The van der Waals surface area contributed by atoms with Crippen LogP contribution in [0.25, 0.3) is 0 Å². The largest absolute Gasteiger partial charge is 0.506 e. The third-order valence-corrected chi connectivity index (χ3v) is 3.16. The van der Waals surface area contributed by atoms with Gasteiger partial charge in [0.05, 0.1) is 4.92 Å². The molecule has 0 fully saturated rings. The van der Waals surface area contributed by atoms with Gasteiger partial charge in [-0.1, -0.05) is 25.5 Å². The molecule has 22 heavy (non-hydrogen) atoms. The molecular weight excluding hydrogens is 284 g/mol. The monoisotopic (exact) mass is 300 g/mol. The van der Waals surface area contributed by atoms with E-state index in [-0.39, 0.29) is 17.0 Å². The fourth-order valence-corrected chi connectivity index (χ4v) is 2.06. The van der Waals surface area contributed by atoms with E-state index in [9.17, 15) is 20.3 Å². The summed E-state index contributed by atoms with van der Waals surface area (Å²) in [7, 11) is 0. The Kier molecular flexibility index (Phi) is 4.73. The van der Waals surface area contributed by atoms with Crippen LogP contribution >= 0.6 is 0 Å². The molecule has 2 aromatic carbocycles. The van der Waals surface area contributed by atoms with Gasteiger partial charge in [-0.25, -0.2) is 0 Å². The zero-order valence-corrected chi connectivity index (χ0v) is 12.1. The quantitative estimate of drug-likeness (QED) is 0.500. The van der Waals surface area contributed by atoms with Crippen molar-refractivity contribution in [3.8, 4) is 11.5 Å². The highest BCUT2D eigenvalue weighted by Crippen LogP contribution is 2.30. The number of phenolic OH excluding ortho intramolecular Hbond substituents is 2. The van der Waals surface area contributed by atoms with Crippen LogP contribution in [0.3, 0.4) is 0 Å². The summed E-state index contributed by atoms with van der Waals surface area (Å²) in [4.78, 5) is 14.2. The molecule has 0 bridgehead atoms. The first-order valence-corrected chi connectivity index (χ1v) is 6.85. The minimum Gasteiger partial charge on any atom is -0.506 e. The Labute approximate surface area is 127 Å². The van der Waals surface area contributed by atoms with Crippen molar-refractivity contribution in [2.45, 2.75) is 19.8 Å². The lowest BCUT2D eigenvalue weighted by Crippen LogP contribution is -1.91. The highest BCUT2D eigenvalue weighted by molar-refractivity contribution is 5.87. The molecule has 0 saturated heterocycles. The number of nitro benzene ring substituents is 1. The van der Waals surface area contributed by atoms with E-state index in [0.717, 1.165) is 18.4 Å². The maximum atomic E-state index is 10.8. The SMILES string of the molecule is CCCc1ccc(O)c(N=Cc2cccc([N+](=O)[O-])c2O)c1. The van der Waals surface area contributed by atoms with E-state index in [1.807, 2.05) is 6.07 Å². The number of hydrogen-bond donors (Lipinski definition) is 2. The van der Waals surface area contributed by atoms with Crippen LogP contribution in [-0.4, -0.2) is 21.4 Å². The van der Waals surface area contributed by atoms with E-state index in [0.29, 0.717) is 5.69 Å². The lowest BCUT2D eigenvalue weighted by atomic mass is 10.1. The lowest BCUT2D eigenvalue weighted by Gasteiger charge is -2.03. The Hall–Kier alpha value is -2.89. The number of nitro groups is 1. The second-order valence-corrected chi connectivity index (χ2v) is 4.80. The number of phenols is 2. The minimum absolute atomic E-state index is 0.0148. The van der Waals surface area contributed by atoms with E-state index in [1.165, 1.54) is 24.4 Å². The molecule has 2 N–H and O–H groups in total. The maximum Gasteiger partial charge on any atom is 0.311 e. The molecule has 6 nitrogen and oxygen atoms in total. The van der Waals surface area contributed by atoms with Crippen LogP contribution in [0.1, 0.15) is 24.5 Å². The Morgan fingerprint density at radius 2 is 2.05 bits per heavy atom. The first-order valence-electron chi connectivity index (χ1n) is 6.85. The fraction of sp³-hybridized carbons (Fsp3) is 0.188. The lowest BCUT2D eigenvalue weighted by molar-refractivity contribution is -0.385. The van der Waals surface area contributed by atoms with Crippen molar-refractivity contribution in [2.24, 2.45) is 4.99 Å². The highest BCUT2D eigenvalue weighted by atomic mass is 16.6. The van der Waals surface area contributed by atoms with E-state index in [4.69, 9.17) is 0 Å². The predicted octanol–water partition coefficient (Wildman–Crippen LogP) is 3.71. The molecule has 0 atom stereocenters. The minimum atomic E-state index is -0.661. The maximum absolute atomic E-state index is 10.8. The molecule has 0 aromatic heterocycles. The molecule has 0 radical (unpaired) electrons. The predicted molar refractivity (Wildman–Crippen MR) is 84.1 cm³/mol. The van der Waals surface area contributed by atoms with Gasteiger partial charge in [0, 0.05) is 17.8 Å². The first-order chi connectivity index (χ1) is 10.5. The number of hydrogen-bond acceptors (Lipinski definition) is 5. The van der Waals surface area contributed by atoms with Gasteiger partial charge in [-0.05, 0) is 30.2 Å². The van der Waals surface area contributed by atoms with Crippen molar-refractivity contribution in [1.29, 1.82) is 0 Å². The summed E-state index contributed by atoms with van der Waals surface area (Å²) in [5.41, 5.74) is 1.23. The highest BCUT2D eigenvalue weighted by Gasteiger charge is 2.15. The van der Waals surface area contributed by atoms with Gasteiger partial charge < -0.3 is 10.2 Å². The molecule has 0 spiro atoms. The van der Waals surface area contributed by atoms with E-state index in [1.54, 1.807) is 12.1 Å². The first kappa shape index (κ1) is 15.5. The molecule has 0 amide bonds. The van der Waals surface area contributed by atoms with E-state index >= 15 is 0 Å². The Morgan fingerprint density at radius 3 is 2.73 bits per heavy atom. The zero-order valence-electron chi connectivity index (χ0n) is 12.1. The van der Waals surface area contributed by atoms with Crippen molar-refractivity contribution in [1.82, 2.24) is 0 Å². The summed E-state index contributed by atoms with van der Waals surface area (Å²) in [6.45, 7) is 2.05. The van der Waals surface area contributed by atoms with Crippen LogP contribution in [0, 0.1) is 10.1 Å². The van der Waals surface area contributed by atoms with Gasteiger partial charge in [-0.3, -0.25) is 15.1 Å². The summed E-state index contributed by atoms with van der Waals surface area (Å²) in [6, 6.07) is 9.33. The summed E-state index contributed by atoms with van der Waals surface area (Å²) in [5, 5.41) is 30.4. The molecule has 114 valence electrons. The molecule has 0 saturated carbocycles. The molecule has 2 rings (SSSR count). The Morgan fingerprint density at radius 1 is 1.27 bits per heavy atom. The van der Waals surface area contributed by atoms with Crippen molar-refractivity contribution in [3.63, 3.8) is 0 Å². The van der Waals surface area contributed by atoms with Crippen LogP contribution in [0.5, 0.6) is 11.5 Å². The molecule has 0 aliphatic carbocycles. The third-order valence-electron chi connectivity index (χ3n) is 3.16. The third kappa shape index (κ3) is 3.41. The topological polar surface area (TPSA) is 96.0 Å². The Balaban J connectivity index is 2.35. The molecule has 2 aromatic rings. The smallest absolute Gasteiger partial charge is 0.311 e. The normalized spacial score (nSPS) is 11.0. The fourth-order valence-electron chi connectivity index (χ4n) is 2.06. The van der Waals surface area contributed by atoms with Crippen LogP contribution < -0.4 is 0 Å². The van der Waals surface area contributed by atoms with Crippen molar-refractivity contribution in [2.75, 3.05) is 0 Å². The molecule has 0 aliphatic heterocycles. The Bertz CT molecular complexity index is 726.